The summed E-state index contributed by atoms with van der Waals surface area (Å²) in [5, 5.41) is 12.1. The molecule has 0 unspecified atom stereocenters. The van der Waals surface area contributed by atoms with Crippen LogP contribution in [0.15, 0.2) is 47.3 Å². The van der Waals surface area contributed by atoms with Crippen molar-refractivity contribution in [1.82, 2.24) is 9.55 Å². The van der Waals surface area contributed by atoms with E-state index in [1.54, 1.807) is 19.1 Å². The molecule has 0 radical (unpaired) electrons. The lowest BCUT2D eigenvalue weighted by atomic mass is 10.1. The lowest BCUT2D eigenvalue weighted by Gasteiger charge is -2.16. The van der Waals surface area contributed by atoms with Gasteiger partial charge in [-0.25, -0.2) is 9.37 Å². The topological polar surface area (TPSA) is 93.4 Å². The number of methoxy groups -OCH3 is 1. The minimum absolute atomic E-state index is 0.120. The Morgan fingerprint density at radius 3 is 2.55 bits per heavy atom. The van der Waals surface area contributed by atoms with Crippen LogP contribution >= 0.6 is 0 Å². The number of benzene rings is 2. The van der Waals surface area contributed by atoms with Gasteiger partial charge in [0.1, 0.15) is 23.9 Å². The van der Waals surface area contributed by atoms with Crippen LogP contribution in [-0.2, 0) is 17.8 Å². The van der Waals surface area contributed by atoms with Crippen molar-refractivity contribution in [2.24, 2.45) is 0 Å². The summed E-state index contributed by atoms with van der Waals surface area (Å²) in [5.74, 6) is -0.130. The smallest absolute Gasteiger partial charge is 0.257 e. The van der Waals surface area contributed by atoms with Crippen molar-refractivity contribution < 1.29 is 19.0 Å². The molecular formula is C23H24FN3O4. The van der Waals surface area contributed by atoms with Crippen molar-refractivity contribution in [1.29, 1.82) is 0 Å². The number of nitrogens with zero attached hydrogens (tertiary/aromatic N) is 2. The molecule has 0 saturated carbocycles. The average molecular weight is 425 g/mol. The monoisotopic (exact) mass is 425 g/mol. The summed E-state index contributed by atoms with van der Waals surface area (Å²) in [6.07, 6.45) is 0.120. The van der Waals surface area contributed by atoms with Gasteiger partial charge in [0.15, 0.2) is 0 Å². The molecule has 0 saturated heterocycles. The van der Waals surface area contributed by atoms with E-state index in [-0.39, 0.29) is 25.4 Å². The number of aliphatic hydroxyl groups excluding tert-OH is 1. The number of aliphatic hydroxyl groups is 1. The number of halogens is 1. The number of amides is 1. The van der Waals surface area contributed by atoms with E-state index in [1.807, 2.05) is 13.0 Å². The van der Waals surface area contributed by atoms with Crippen molar-refractivity contribution in [3.05, 3.63) is 75.5 Å². The third-order valence-corrected chi connectivity index (χ3v) is 4.86. The molecule has 31 heavy (non-hydrogen) atoms. The Labute approximate surface area is 179 Å². The molecule has 0 spiro atoms. The van der Waals surface area contributed by atoms with E-state index in [1.165, 1.54) is 35.9 Å². The van der Waals surface area contributed by atoms with E-state index >= 15 is 0 Å². The van der Waals surface area contributed by atoms with Crippen LogP contribution in [0.4, 0.5) is 10.1 Å². The Bertz CT molecular complexity index is 1160. The molecular weight excluding hydrogens is 401 g/mol. The minimum atomic E-state index is -0.449. The molecule has 0 aliphatic rings. The van der Waals surface area contributed by atoms with Gasteiger partial charge in [-0.05, 0) is 55.8 Å². The van der Waals surface area contributed by atoms with Crippen molar-refractivity contribution in [3.8, 4) is 17.1 Å². The summed E-state index contributed by atoms with van der Waals surface area (Å²) in [7, 11) is 1.50. The molecule has 7 nitrogen and oxygen atoms in total. The quantitative estimate of drug-likeness (QED) is 0.607. The number of nitrogens with one attached hydrogen (secondary N) is 1. The molecule has 1 amide bonds. The summed E-state index contributed by atoms with van der Waals surface area (Å²) in [6.45, 7) is 3.02. The fourth-order valence-corrected chi connectivity index (χ4v) is 3.32. The number of carbonyl (C=O) groups is 1. The summed E-state index contributed by atoms with van der Waals surface area (Å²) >= 11 is 0. The van der Waals surface area contributed by atoms with Crippen LogP contribution in [0.5, 0.6) is 5.75 Å². The standard InChI is InChI=1S/C23H24FN3O4/c1-14-4-9-20(31-3)19(12-14)26-21(29)13-27-22(16-5-7-17(24)8-6-16)25-15(2)18(10-11-28)23(27)30/h4-9,12,28H,10-11,13H2,1-3H3,(H,26,29). The highest BCUT2D eigenvalue weighted by molar-refractivity contribution is 5.92. The Balaban J connectivity index is 2.03. The molecule has 0 fully saturated rings. The van der Waals surface area contributed by atoms with Gasteiger partial charge in [-0.15, -0.1) is 0 Å². The van der Waals surface area contributed by atoms with Crippen molar-refractivity contribution in [2.45, 2.75) is 26.8 Å². The number of aryl methyl sites for hydroxylation is 2. The van der Waals surface area contributed by atoms with Crippen molar-refractivity contribution in [2.75, 3.05) is 19.0 Å². The zero-order valence-electron chi connectivity index (χ0n) is 17.6. The van der Waals surface area contributed by atoms with Crippen molar-refractivity contribution >= 4 is 11.6 Å². The Kier molecular flexibility index (Phi) is 6.81. The number of anilines is 1. The maximum Gasteiger partial charge on any atom is 0.257 e. The van der Waals surface area contributed by atoms with Crippen LogP contribution in [0.3, 0.4) is 0 Å². The fourth-order valence-electron chi connectivity index (χ4n) is 3.32. The van der Waals surface area contributed by atoms with Gasteiger partial charge in [0.25, 0.3) is 5.56 Å². The molecule has 0 bridgehead atoms. The number of ether oxygens (including phenoxy) is 1. The van der Waals surface area contributed by atoms with Gasteiger partial charge in [0.2, 0.25) is 5.91 Å². The predicted molar refractivity (Wildman–Crippen MR) is 116 cm³/mol. The maximum atomic E-state index is 13.4. The molecule has 0 aliphatic heterocycles. The van der Waals surface area contributed by atoms with E-state index in [9.17, 15) is 19.1 Å². The van der Waals surface area contributed by atoms with E-state index in [4.69, 9.17) is 4.74 Å². The third kappa shape index (κ3) is 4.97. The molecule has 2 aromatic carbocycles. The third-order valence-electron chi connectivity index (χ3n) is 4.86. The lowest BCUT2D eigenvalue weighted by molar-refractivity contribution is -0.116. The number of carbonyl (C=O) groups excluding carboxylic acids is 1. The average Bonchev–Trinajstić information content (AvgIpc) is 2.74. The zero-order chi connectivity index (χ0) is 22.5. The minimum Gasteiger partial charge on any atom is -0.495 e. The molecule has 1 aromatic heterocycles. The highest BCUT2D eigenvalue weighted by Crippen LogP contribution is 2.25. The van der Waals surface area contributed by atoms with Gasteiger partial charge >= 0.3 is 0 Å². The van der Waals surface area contributed by atoms with Gasteiger partial charge < -0.3 is 15.2 Å². The lowest BCUT2D eigenvalue weighted by Crippen LogP contribution is -2.33. The summed E-state index contributed by atoms with van der Waals surface area (Å²) in [4.78, 5) is 30.5. The number of rotatable bonds is 7. The van der Waals surface area contributed by atoms with E-state index < -0.39 is 17.3 Å². The first-order chi connectivity index (χ1) is 14.8. The molecule has 0 atom stereocenters. The summed E-state index contributed by atoms with van der Waals surface area (Å²) < 4.78 is 19.9. The summed E-state index contributed by atoms with van der Waals surface area (Å²) in [5.41, 5.74) is 2.28. The second kappa shape index (κ2) is 9.53. The first kappa shape index (κ1) is 22.2. The van der Waals surface area contributed by atoms with E-state index in [0.717, 1.165) is 5.56 Å². The molecule has 3 aromatic rings. The first-order valence-corrected chi connectivity index (χ1v) is 9.75. The largest absolute Gasteiger partial charge is 0.495 e. The highest BCUT2D eigenvalue weighted by Gasteiger charge is 2.18. The molecule has 162 valence electrons. The first-order valence-electron chi connectivity index (χ1n) is 9.75. The molecule has 0 aliphatic carbocycles. The Hall–Kier alpha value is -3.52. The van der Waals surface area contributed by atoms with Gasteiger partial charge in [0, 0.05) is 29.8 Å². The van der Waals surface area contributed by atoms with Crippen LogP contribution in [0, 0.1) is 19.7 Å². The van der Waals surface area contributed by atoms with E-state index in [2.05, 4.69) is 10.3 Å². The summed E-state index contributed by atoms with van der Waals surface area (Å²) in [6, 6.07) is 10.9. The second-order valence-corrected chi connectivity index (χ2v) is 7.12. The fraction of sp³-hybridized carbons (Fsp3) is 0.261. The normalized spacial score (nSPS) is 10.7. The van der Waals surface area contributed by atoms with Crippen LogP contribution in [0.25, 0.3) is 11.4 Å². The second-order valence-electron chi connectivity index (χ2n) is 7.12. The van der Waals surface area contributed by atoms with Gasteiger partial charge in [-0.2, -0.15) is 0 Å². The van der Waals surface area contributed by atoms with Gasteiger partial charge in [0.05, 0.1) is 12.8 Å². The Morgan fingerprint density at radius 2 is 1.90 bits per heavy atom. The van der Waals surface area contributed by atoms with Gasteiger partial charge in [-0.3, -0.25) is 14.2 Å². The SMILES string of the molecule is COc1ccc(C)cc1NC(=O)Cn1c(-c2ccc(F)cc2)nc(C)c(CCO)c1=O. The number of hydrogen-bond acceptors (Lipinski definition) is 5. The highest BCUT2D eigenvalue weighted by atomic mass is 19.1. The molecule has 8 heteroatoms. The van der Waals surface area contributed by atoms with Crippen LogP contribution in [0.2, 0.25) is 0 Å². The van der Waals surface area contributed by atoms with E-state index in [0.29, 0.717) is 28.3 Å². The maximum absolute atomic E-state index is 13.4. The molecule has 2 N–H and O–H groups in total. The zero-order valence-corrected chi connectivity index (χ0v) is 17.6. The molecule has 1 heterocycles. The van der Waals surface area contributed by atoms with Crippen LogP contribution in [0.1, 0.15) is 16.8 Å². The Morgan fingerprint density at radius 1 is 1.19 bits per heavy atom. The van der Waals surface area contributed by atoms with Crippen molar-refractivity contribution in [3.63, 3.8) is 0 Å². The van der Waals surface area contributed by atoms with Crippen LogP contribution in [-0.4, -0.2) is 34.3 Å². The predicted octanol–water partition coefficient (Wildman–Crippen LogP) is 2.85. The molecule has 3 rings (SSSR count). The number of aromatic nitrogens is 2. The number of hydrogen-bond donors (Lipinski definition) is 2. The van der Waals surface area contributed by atoms with Crippen LogP contribution < -0.4 is 15.6 Å². The van der Waals surface area contributed by atoms with Gasteiger partial charge in [-0.1, -0.05) is 6.07 Å².